The average molecular weight is 548 g/mol. The molecule has 0 saturated heterocycles. The molecule has 5 nitrogen and oxygen atoms in total. The third-order valence-electron chi connectivity index (χ3n) is 7.57. The number of amides is 2. The second kappa shape index (κ2) is 12.8. The molecule has 39 heavy (non-hydrogen) atoms. The Labute approximate surface area is 235 Å². The molecule has 3 aromatic rings. The fourth-order valence-electron chi connectivity index (χ4n) is 5.28. The lowest BCUT2D eigenvalue weighted by atomic mass is 10.1. The maximum Gasteiger partial charge on any atom is 0.230 e. The number of para-hydroxylation sites is 1. The lowest BCUT2D eigenvalue weighted by Gasteiger charge is -2.32. The van der Waals surface area contributed by atoms with E-state index in [2.05, 4.69) is 4.90 Å². The van der Waals surface area contributed by atoms with Gasteiger partial charge in [-0.1, -0.05) is 60.1 Å². The molecule has 1 fully saturated rings. The van der Waals surface area contributed by atoms with E-state index in [0.717, 1.165) is 56.6 Å². The smallest absolute Gasteiger partial charge is 0.230 e. The summed E-state index contributed by atoms with van der Waals surface area (Å²) in [5, 5.41) is 0.712. The number of nitrogens with zero attached hydrogens (tertiary/aromatic N) is 3. The van der Waals surface area contributed by atoms with Gasteiger partial charge in [0.2, 0.25) is 11.8 Å². The number of anilines is 1. The summed E-state index contributed by atoms with van der Waals surface area (Å²) in [5.74, 6) is -0.213. The monoisotopic (exact) mass is 547 g/mol. The van der Waals surface area contributed by atoms with Crippen LogP contribution in [0.3, 0.4) is 0 Å². The Kier molecular flexibility index (Phi) is 8.95. The highest BCUT2D eigenvalue weighted by Crippen LogP contribution is 2.34. The molecular weight excluding hydrogens is 513 g/mol. The maximum absolute atomic E-state index is 14.4. The number of hydrogen-bond donors (Lipinski definition) is 0. The van der Waals surface area contributed by atoms with E-state index in [0.29, 0.717) is 30.2 Å². The van der Waals surface area contributed by atoms with E-state index in [1.54, 1.807) is 18.2 Å². The van der Waals surface area contributed by atoms with Crippen molar-refractivity contribution in [1.29, 1.82) is 0 Å². The second-order valence-electron chi connectivity index (χ2n) is 10.6. The highest BCUT2D eigenvalue weighted by atomic mass is 35.5. The van der Waals surface area contributed by atoms with E-state index in [9.17, 15) is 14.0 Å². The van der Waals surface area contributed by atoms with Gasteiger partial charge in [-0.25, -0.2) is 4.39 Å². The molecule has 3 aromatic carbocycles. The van der Waals surface area contributed by atoms with E-state index in [1.165, 1.54) is 11.6 Å². The molecule has 1 aliphatic carbocycles. The minimum Gasteiger partial charge on any atom is -0.338 e. The summed E-state index contributed by atoms with van der Waals surface area (Å²) in [4.78, 5) is 33.1. The molecule has 7 heteroatoms. The van der Waals surface area contributed by atoms with Crippen LogP contribution in [0.15, 0.2) is 72.8 Å². The molecule has 1 saturated carbocycles. The third kappa shape index (κ3) is 7.25. The van der Waals surface area contributed by atoms with Gasteiger partial charge in [0.15, 0.2) is 0 Å². The Morgan fingerprint density at radius 2 is 1.54 bits per heavy atom. The fourth-order valence-corrected chi connectivity index (χ4v) is 5.40. The molecule has 2 aliphatic rings. The zero-order valence-electron chi connectivity index (χ0n) is 22.2. The first kappa shape index (κ1) is 27.4. The quantitative estimate of drug-likeness (QED) is 0.388. The topological polar surface area (TPSA) is 43.9 Å². The number of benzene rings is 3. The van der Waals surface area contributed by atoms with Crippen molar-refractivity contribution in [2.45, 2.75) is 45.2 Å². The predicted molar refractivity (Wildman–Crippen MR) is 153 cm³/mol. The molecule has 0 unspecified atom stereocenters. The van der Waals surface area contributed by atoms with E-state index in [-0.39, 0.29) is 30.0 Å². The minimum absolute atomic E-state index is 0.00798. The number of hydrogen-bond acceptors (Lipinski definition) is 3. The summed E-state index contributed by atoms with van der Waals surface area (Å²) in [7, 11) is 0. The van der Waals surface area contributed by atoms with Gasteiger partial charge in [0.1, 0.15) is 5.82 Å². The molecule has 2 amide bonds. The fraction of sp³-hybridized carbons (Fsp3) is 0.375. The Bertz CT molecular complexity index is 1290. The number of rotatable bonds is 5. The van der Waals surface area contributed by atoms with E-state index < -0.39 is 0 Å². The van der Waals surface area contributed by atoms with Crippen molar-refractivity contribution in [1.82, 2.24) is 9.80 Å². The van der Waals surface area contributed by atoms with Crippen molar-refractivity contribution in [3.05, 3.63) is 100 Å². The van der Waals surface area contributed by atoms with Gasteiger partial charge in [0.25, 0.3) is 0 Å². The van der Waals surface area contributed by atoms with Crippen molar-refractivity contribution >= 4 is 29.1 Å². The molecular formula is C32H35ClFN3O2. The van der Waals surface area contributed by atoms with E-state index in [1.807, 2.05) is 58.3 Å². The molecule has 0 spiro atoms. The van der Waals surface area contributed by atoms with Gasteiger partial charge in [-0.2, -0.15) is 0 Å². The Hall–Kier alpha value is -3.22. The first-order valence-electron chi connectivity index (χ1n) is 13.8. The summed E-state index contributed by atoms with van der Waals surface area (Å²) in [6.45, 7) is 3.98. The maximum atomic E-state index is 14.4. The van der Waals surface area contributed by atoms with Crippen LogP contribution in [0.25, 0.3) is 0 Å². The van der Waals surface area contributed by atoms with E-state index in [4.69, 9.17) is 11.6 Å². The Morgan fingerprint density at radius 3 is 2.28 bits per heavy atom. The standard InChI is InChI=1S/C32H35ClFN3O2/c33-28-15-11-24(12-16-28)22-35-17-5-19-36(31(38)21-26-7-1-3-9-29(26)34)23-27-8-2-4-10-30(27)37(20-6-18-35)32(39)25-13-14-25/h1-4,7-12,15-16,25H,5-6,13-14,17-23H2. The van der Waals surface area contributed by atoms with Gasteiger partial charge in [0, 0.05) is 55.9 Å². The lowest BCUT2D eigenvalue weighted by Crippen LogP contribution is -2.39. The van der Waals surface area contributed by atoms with Crippen molar-refractivity contribution in [2.75, 3.05) is 31.1 Å². The summed E-state index contributed by atoms with van der Waals surface area (Å²) in [6, 6.07) is 22.3. The minimum atomic E-state index is -0.365. The van der Waals surface area contributed by atoms with Crippen molar-refractivity contribution in [3.8, 4) is 0 Å². The largest absolute Gasteiger partial charge is 0.338 e. The Morgan fingerprint density at radius 1 is 0.846 bits per heavy atom. The number of carbonyl (C=O) groups is 2. The summed E-state index contributed by atoms with van der Waals surface area (Å²) >= 11 is 6.09. The van der Waals surface area contributed by atoms with E-state index >= 15 is 0 Å². The zero-order chi connectivity index (χ0) is 27.2. The molecule has 204 valence electrons. The number of carbonyl (C=O) groups excluding carboxylic acids is 2. The second-order valence-corrected chi connectivity index (χ2v) is 11.0. The molecule has 5 rings (SSSR count). The molecule has 1 aliphatic heterocycles. The van der Waals surface area contributed by atoms with Crippen LogP contribution < -0.4 is 4.90 Å². The normalized spacial score (nSPS) is 17.2. The molecule has 0 bridgehead atoms. The van der Waals surface area contributed by atoms with Crippen LogP contribution in [0, 0.1) is 11.7 Å². The zero-order valence-corrected chi connectivity index (χ0v) is 23.0. The predicted octanol–water partition coefficient (Wildman–Crippen LogP) is 6.09. The Balaban J connectivity index is 1.41. The third-order valence-corrected chi connectivity index (χ3v) is 7.82. The van der Waals surface area contributed by atoms with Crippen LogP contribution in [0.4, 0.5) is 10.1 Å². The van der Waals surface area contributed by atoms with Crippen LogP contribution in [0.1, 0.15) is 42.4 Å². The lowest BCUT2D eigenvalue weighted by molar-refractivity contribution is -0.131. The summed E-state index contributed by atoms with van der Waals surface area (Å²) in [6.07, 6.45) is 3.54. The SMILES string of the molecule is O=C(Cc1ccccc1F)N1CCCN(Cc2ccc(Cl)cc2)CCCN(C(=O)C2CC2)c2ccccc2C1. The van der Waals surface area contributed by atoms with Crippen molar-refractivity contribution < 1.29 is 14.0 Å². The van der Waals surface area contributed by atoms with Gasteiger partial charge in [-0.05, 0) is 66.6 Å². The molecule has 0 N–H and O–H groups in total. The van der Waals surface area contributed by atoms with Crippen LogP contribution in [-0.4, -0.2) is 47.8 Å². The van der Waals surface area contributed by atoms with Gasteiger partial charge in [-0.3, -0.25) is 14.5 Å². The van der Waals surface area contributed by atoms with Gasteiger partial charge >= 0.3 is 0 Å². The summed E-state index contributed by atoms with van der Waals surface area (Å²) in [5.41, 5.74) is 3.40. The highest BCUT2D eigenvalue weighted by molar-refractivity contribution is 6.30. The van der Waals surface area contributed by atoms with Gasteiger partial charge < -0.3 is 9.80 Å². The van der Waals surface area contributed by atoms with Gasteiger partial charge in [0.05, 0.1) is 6.42 Å². The van der Waals surface area contributed by atoms with Crippen LogP contribution in [0.2, 0.25) is 5.02 Å². The van der Waals surface area contributed by atoms with Gasteiger partial charge in [-0.15, -0.1) is 0 Å². The molecule has 0 atom stereocenters. The highest BCUT2D eigenvalue weighted by Gasteiger charge is 2.35. The number of halogens is 2. The van der Waals surface area contributed by atoms with Crippen LogP contribution >= 0.6 is 11.6 Å². The summed E-state index contributed by atoms with van der Waals surface area (Å²) < 4.78 is 14.4. The van der Waals surface area contributed by atoms with Crippen molar-refractivity contribution in [3.63, 3.8) is 0 Å². The number of fused-ring (bicyclic) bond motifs is 1. The molecule has 0 radical (unpaired) electrons. The van der Waals surface area contributed by atoms with Crippen molar-refractivity contribution in [2.24, 2.45) is 5.92 Å². The average Bonchev–Trinajstić information content (AvgIpc) is 3.78. The first-order chi connectivity index (χ1) is 19.0. The van der Waals surface area contributed by atoms with Crippen LogP contribution in [0.5, 0.6) is 0 Å². The van der Waals surface area contributed by atoms with Crippen LogP contribution in [-0.2, 0) is 29.1 Å². The molecule has 0 aromatic heterocycles. The molecule has 1 heterocycles. The first-order valence-corrected chi connectivity index (χ1v) is 14.2.